The van der Waals surface area contributed by atoms with Crippen LogP contribution in [0.15, 0.2) is 35.4 Å². The van der Waals surface area contributed by atoms with Crippen LogP contribution in [0.1, 0.15) is 44.6 Å². The maximum Gasteiger partial charge on any atom is 0.338 e. The van der Waals surface area contributed by atoms with E-state index in [0.717, 1.165) is 30.4 Å². The van der Waals surface area contributed by atoms with Gasteiger partial charge in [0.25, 0.3) is 0 Å². The summed E-state index contributed by atoms with van der Waals surface area (Å²) in [7, 11) is 3.21. The highest BCUT2D eigenvalue weighted by atomic mass is 16.5. The zero-order chi connectivity index (χ0) is 17.4. The molecule has 0 fully saturated rings. The smallest absolute Gasteiger partial charge is 0.338 e. The summed E-state index contributed by atoms with van der Waals surface area (Å²) in [5.41, 5.74) is 2.62. The standard InChI is InChI=1S/C20H26O4/c1-4-24-20(21)17(16-9-7-5-6-8-10-16)13-15-11-12-18(22-2)19(14-15)23-3/h9,11-14H,4-8,10H2,1-3H3/b17-13+. The highest BCUT2D eigenvalue weighted by Crippen LogP contribution is 2.30. The second kappa shape index (κ2) is 9.16. The lowest BCUT2D eigenvalue weighted by Gasteiger charge is -2.12. The molecule has 1 aliphatic rings. The molecule has 0 bridgehead atoms. The Balaban J connectivity index is 2.40. The van der Waals surface area contributed by atoms with Crippen molar-refractivity contribution in [2.45, 2.75) is 39.0 Å². The van der Waals surface area contributed by atoms with Gasteiger partial charge in [-0.2, -0.15) is 0 Å². The van der Waals surface area contributed by atoms with Crippen molar-refractivity contribution in [1.29, 1.82) is 0 Å². The van der Waals surface area contributed by atoms with Gasteiger partial charge in [-0.05, 0) is 62.0 Å². The molecule has 1 aliphatic carbocycles. The number of benzene rings is 1. The first-order chi connectivity index (χ1) is 11.7. The minimum atomic E-state index is -0.263. The summed E-state index contributed by atoms with van der Waals surface area (Å²) in [6, 6.07) is 5.63. The van der Waals surface area contributed by atoms with Gasteiger partial charge >= 0.3 is 5.97 Å². The molecule has 1 aromatic carbocycles. The van der Waals surface area contributed by atoms with Crippen LogP contribution in [0.25, 0.3) is 6.08 Å². The summed E-state index contributed by atoms with van der Waals surface area (Å²) in [6.07, 6.45) is 9.47. The fourth-order valence-corrected chi connectivity index (χ4v) is 2.86. The molecule has 0 N–H and O–H groups in total. The van der Waals surface area contributed by atoms with Gasteiger partial charge in [0, 0.05) is 0 Å². The van der Waals surface area contributed by atoms with Gasteiger partial charge < -0.3 is 14.2 Å². The minimum Gasteiger partial charge on any atom is -0.493 e. The Kier molecular flexibility index (Phi) is 6.91. The Hall–Kier alpha value is -2.23. The molecule has 0 unspecified atom stereocenters. The number of carbonyl (C=O) groups excluding carboxylic acids is 1. The predicted molar refractivity (Wildman–Crippen MR) is 95.3 cm³/mol. The maximum atomic E-state index is 12.4. The summed E-state index contributed by atoms with van der Waals surface area (Å²) in [5, 5.41) is 0. The van der Waals surface area contributed by atoms with E-state index in [4.69, 9.17) is 14.2 Å². The van der Waals surface area contributed by atoms with Crippen molar-refractivity contribution in [3.8, 4) is 11.5 Å². The molecule has 0 heterocycles. The third kappa shape index (κ3) is 4.63. The molecule has 0 saturated heterocycles. The molecular weight excluding hydrogens is 304 g/mol. The molecule has 130 valence electrons. The van der Waals surface area contributed by atoms with Crippen molar-refractivity contribution in [3.63, 3.8) is 0 Å². The quantitative estimate of drug-likeness (QED) is 0.567. The zero-order valence-electron chi connectivity index (χ0n) is 14.8. The van der Waals surface area contributed by atoms with Crippen LogP contribution in [0.3, 0.4) is 0 Å². The monoisotopic (exact) mass is 330 g/mol. The lowest BCUT2D eigenvalue weighted by molar-refractivity contribution is -0.138. The third-order valence-electron chi connectivity index (χ3n) is 4.10. The summed E-state index contributed by atoms with van der Waals surface area (Å²) in [6.45, 7) is 2.20. The lowest BCUT2D eigenvalue weighted by atomic mass is 9.98. The van der Waals surface area contributed by atoms with Crippen molar-refractivity contribution in [1.82, 2.24) is 0 Å². The number of methoxy groups -OCH3 is 2. The number of rotatable bonds is 6. The Labute approximate surface area is 144 Å². The Morgan fingerprint density at radius 3 is 2.62 bits per heavy atom. The molecule has 0 amide bonds. The molecule has 0 saturated carbocycles. The first kappa shape index (κ1) is 18.1. The molecular formula is C20H26O4. The van der Waals surface area contributed by atoms with Gasteiger partial charge in [0.1, 0.15) is 0 Å². The van der Waals surface area contributed by atoms with E-state index in [1.807, 2.05) is 31.2 Å². The van der Waals surface area contributed by atoms with Crippen molar-refractivity contribution in [2.24, 2.45) is 0 Å². The lowest BCUT2D eigenvalue weighted by Crippen LogP contribution is -2.10. The minimum absolute atomic E-state index is 0.263. The van der Waals surface area contributed by atoms with Gasteiger partial charge in [-0.1, -0.05) is 18.6 Å². The van der Waals surface area contributed by atoms with Crippen LogP contribution < -0.4 is 9.47 Å². The third-order valence-corrected chi connectivity index (χ3v) is 4.10. The summed E-state index contributed by atoms with van der Waals surface area (Å²) in [4.78, 5) is 12.4. The molecule has 24 heavy (non-hydrogen) atoms. The van der Waals surface area contributed by atoms with Gasteiger partial charge in [0.2, 0.25) is 0 Å². The normalized spacial score (nSPS) is 15.3. The Morgan fingerprint density at radius 1 is 1.12 bits per heavy atom. The van der Waals surface area contributed by atoms with E-state index < -0.39 is 0 Å². The number of esters is 1. The van der Waals surface area contributed by atoms with Crippen molar-refractivity contribution in [3.05, 3.63) is 41.0 Å². The van der Waals surface area contributed by atoms with Crippen molar-refractivity contribution >= 4 is 12.0 Å². The van der Waals surface area contributed by atoms with Crippen LogP contribution in [0, 0.1) is 0 Å². The molecule has 0 spiro atoms. The predicted octanol–water partition coefficient (Wildman–Crippen LogP) is 4.54. The van der Waals surface area contributed by atoms with Gasteiger partial charge in [0.15, 0.2) is 11.5 Å². The van der Waals surface area contributed by atoms with Crippen LogP contribution in [-0.4, -0.2) is 26.8 Å². The van der Waals surface area contributed by atoms with E-state index in [2.05, 4.69) is 6.08 Å². The van der Waals surface area contributed by atoms with Crippen molar-refractivity contribution < 1.29 is 19.0 Å². The Morgan fingerprint density at radius 2 is 1.92 bits per heavy atom. The average Bonchev–Trinajstić information content (AvgIpc) is 2.88. The number of hydrogen-bond acceptors (Lipinski definition) is 4. The molecule has 0 aromatic heterocycles. The van der Waals surface area contributed by atoms with E-state index in [9.17, 15) is 4.79 Å². The molecule has 0 radical (unpaired) electrons. The molecule has 1 aromatic rings. The van der Waals surface area contributed by atoms with Crippen LogP contribution in [0.5, 0.6) is 11.5 Å². The SMILES string of the molecule is CCOC(=O)/C(=C/c1ccc(OC)c(OC)c1)C1=CCCCCC1. The van der Waals surface area contributed by atoms with Crippen molar-refractivity contribution in [2.75, 3.05) is 20.8 Å². The fraction of sp³-hybridized carbons (Fsp3) is 0.450. The molecule has 0 aliphatic heterocycles. The van der Waals surface area contributed by atoms with E-state index in [1.165, 1.54) is 12.8 Å². The Bertz CT molecular complexity index is 629. The number of hydrogen-bond donors (Lipinski definition) is 0. The van der Waals surface area contributed by atoms with Gasteiger partial charge in [-0.25, -0.2) is 4.79 Å². The van der Waals surface area contributed by atoms with E-state index in [-0.39, 0.29) is 5.97 Å². The maximum absolute atomic E-state index is 12.4. The second-order valence-corrected chi connectivity index (χ2v) is 5.72. The summed E-state index contributed by atoms with van der Waals surface area (Å²) < 4.78 is 15.9. The van der Waals surface area contributed by atoms with Crippen LogP contribution >= 0.6 is 0 Å². The van der Waals surface area contributed by atoms with Crippen LogP contribution in [0.2, 0.25) is 0 Å². The first-order valence-electron chi connectivity index (χ1n) is 8.49. The van der Waals surface area contributed by atoms with Gasteiger partial charge in [-0.3, -0.25) is 0 Å². The molecule has 2 rings (SSSR count). The van der Waals surface area contributed by atoms with E-state index in [0.29, 0.717) is 23.7 Å². The summed E-state index contributed by atoms with van der Waals surface area (Å²) in [5.74, 6) is 1.05. The second-order valence-electron chi connectivity index (χ2n) is 5.72. The first-order valence-corrected chi connectivity index (χ1v) is 8.49. The number of ether oxygens (including phenoxy) is 3. The topological polar surface area (TPSA) is 44.8 Å². The number of allylic oxidation sites excluding steroid dienone is 1. The van der Waals surface area contributed by atoms with E-state index in [1.54, 1.807) is 14.2 Å². The largest absolute Gasteiger partial charge is 0.493 e. The van der Waals surface area contributed by atoms with Gasteiger partial charge in [0.05, 0.1) is 26.4 Å². The van der Waals surface area contributed by atoms with Gasteiger partial charge in [-0.15, -0.1) is 0 Å². The fourth-order valence-electron chi connectivity index (χ4n) is 2.86. The van der Waals surface area contributed by atoms with Crippen LogP contribution in [-0.2, 0) is 9.53 Å². The molecule has 0 atom stereocenters. The zero-order valence-corrected chi connectivity index (χ0v) is 14.8. The highest BCUT2D eigenvalue weighted by Gasteiger charge is 2.17. The van der Waals surface area contributed by atoms with E-state index >= 15 is 0 Å². The summed E-state index contributed by atoms with van der Waals surface area (Å²) >= 11 is 0. The van der Waals surface area contributed by atoms with Crippen LogP contribution in [0.4, 0.5) is 0 Å². The average molecular weight is 330 g/mol. The molecule has 4 heteroatoms. The molecule has 4 nitrogen and oxygen atoms in total. The number of carbonyl (C=O) groups is 1. The highest BCUT2D eigenvalue weighted by molar-refractivity contribution is 5.98.